The van der Waals surface area contributed by atoms with Gasteiger partial charge < -0.3 is 15.5 Å². The molecule has 3 aromatic rings. The van der Waals surface area contributed by atoms with Crippen LogP contribution in [-0.2, 0) is 4.79 Å². The van der Waals surface area contributed by atoms with Crippen LogP contribution in [0, 0.1) is 0 Å². The quantitative estimate of drug-likeness (QED) is 0.639. The number of hydrogen-bond donors (Lipinski definition) is 2. The highest BCUT2D eigenvalue weighted by Crippen LogP contribution is 2.47. The van der Waals surface area contributed by atoms with Gasteiger partial charge in [-0.2, -0.15) is 0 Å². The number of hydrogen-bond acceptors (Lipinski definition) is 3. The molecule has 0 saturated carbocycles. The van der Waals surface area contributed by atoms with Gasteiger partial charge in [0, 0.05) is 36.4 Å². The number of rotatable bonds is 6. The first kappa shape index (κ1) is 19.2. The van der Waals surface area contributed by atoms with Crippen molar-refractivity contribution >= 4 is 17.3 Å². The summed E-state index contributed by atoms with van der Waals surface area (Å²) < 4.78 is 0. The number of carbonyl (C=O) groups excluding carboxylic acids is 1. The summed E-state index contributed by atoms with van der Waals surface area (Å²) in [5, 5.41) is 6.08. The molecular formula is C25H27N3O. The van der Waals surface area contributed by atoms with Crippen LogP contribution in [0.3, 0.4) is 0 Å². The minimum absolute atomic E-state index is 0.0270. The van der Waals surface area contributed by atoms with Crippen molar-refractivity contribution in [3.63, 3.8) is 0 Å². The van der Waals surface area contributed by atoms with Crippen molar-refractivity contribution in [2.75, 3.05) is 30.4 Å². The standard InChI is InChI=1S/C25H27N3O/c1-3-28-23-12-8-7-11-21(23)20-14-13-19(27-24(29)15-16-26-2)17-22(20)25(28)18-9-5-4-6-10-18/h4-14,17,25-26H,3,15-16H2,1-2H3,(H,27,29). The molecule has 148 valence electrons. The second-order valence-electron chi connectivity index (χ2n) is 7.32. The zero-order chi connectivity index (χ0) is 20.2. The normalized spacial score (nSPS) is 14.8. The number of anilines is 2. The van der Waals surface area contributed by atoms with Crippen LogP contribution in [0.2, 0.25) is 0 Å². The minimum Gasteiger partial charge on any atom is -0.360 e. The van der Waals surface area contributed by atoms with Crippen molar-refractivity contribution in [2.45, 2.75) is 19.4 Å². The molecule has 1 atom stereocenters. The molecule has 4 rings (SSSR count). The van der Waals surface area contributed by atoms with Gasteiger partial charge in [-0.05, 0) is 48.9 Å². The van der Waals surface area contributed by atoms with E-state index in [1.54, 1.807) is 0 Å². The van der Waals surface area contributed by atoms with Crippen molar-refractivity contribution < 1.29 is 4.79 Å². The molecule has 0 spiro atoms. The Morgan fingerprint density at radius 2 is 1.72 bits per heavy atom. The Balaban J connectivity index is 1.81. The Kier molecular flexibility index (Phi) is 5.63. The smallest absolute Gasteiger partial charge is 0.225 e. The highest BCUT2D eigenvalue weighted by Gasteiger charge is 2.31. The highest BCUT2D eigenvalue weighted by molar-refractivity contribution is 5.93. The average Bonchev–Trinajstić information content (AvgIpc) is 2.77. The van der Waals surface area contributed by atoms with Gasteiger partial charge in [0.15, 0.2) is 0 Å². The molecular weight excluding hydrogens is 358 g/mol. The molecule has 4 heteroatoms. The van der Waals surface area contributed by atoms with E-state index in [1.807, 2.05) is 13.1 Å². The molecule has 0 saturated heterocycles. The fraction of sp³-hybridized carbons (Fsp3) is 0.240. The van der Waals surface area contributed by atoms with Gasteiger partial charge in [0.25, 0.3) is 0 Å². The summed E-state index contributed by atoms with van der Waals surface area (Å²) in [6, 6.07) is 25.6. The second kappa shape index (κ2) is 8.50. The first-order valence-corrected chi connectivity index (χ1v) is 10.2. The molecule has 29 heavy (non-hydrogen) atoms. The van der Waals surface area contributed by atoms with Crippen LogP contribution in [0.5, 0.6) is 0 Å². The van der Waals surface area contributed by atoms with E-state index in [0.29, 0.717) is 13.0 Å². The lowest BCUT2D eigenvalue weighted by Crippen LogP contribution is -2.33. The van der Waals surface area contributed by atoms with Gasteiger partial charge in [-0.25, -0.2) is 0 Å². The molecule has 0 radical (unpaired) electrons. The maximum Gasteiger partial charge on any atom is 0.225 e. The molecule has 3 aromatic carbocycles. The summed E-state index contributed by atoms with van der Waals surface area (Å²) in [6.45, 7) is 3.76. The number of para-hydroxylation sites is 1. The Hall–Kier alpha value is -3.11. The molecule has 2 N–H and O–H groups in total. The second-order valence-corrected chi connectivity index (χ2v) is 7.32. The maximum atomic E-state index is 12.2. The van der Waals surface area contributed by atoms with Crippen LogP contribution in [0.15, 0.2) is 72.8 Å². The van der Waals surface area contributed by atoms with Crippen molar-refractivity contribution in [3.05, 3.63) is 83.9 Å². The fourth-order valence-electron chi connectivity index (χ4n) is 4.18. The Morgan fingerprint density at radius 1 is 0.966 bits per heavy atom. The molecule has 1 unspecified atom stereocenters. The van der Waals surface area contributed by atoms with Crippen LogP contribution in [0.4, 0.5) is 11.4 Å². The Labute approximate surface area is 172 Å². The fourth-order valence-corrected chi connectivity index (χ4v) is 4.18. The van der Waals surface area contributed by atoms with Gasteiger partial charge in [-0.3, -0.25) is 4.79 Å². The summed E-state index contributed by atoms with van der Waals surface area (Å²) in [4.78, 5) is 14.7. The lowest BCUT2D eigenvalue weighted by Gasteiger charge is -2.40. The number of amides is 1. The van der Waals surface area contributed by atoms with E-state index in [-0.39, 0.29) is 11.9 Å². The summed E-state index contributed by atoms with van der Waals surface area (Å²) in [7, 11) is 1.85. The SMILES string of the molecule is CCN1c2ccccc2-c2ccc(NC(=O)CCNC)cc2C1c1ccccc1. The molecule has 0 bridgehead atoms. The van der Waals surface area contributed by atoms with E-state index in [4.69, 9.17) is 0 Å². The van der Waals surface area contributed by atoms with Crippen molar-refractivity contribution in [1.82, 2.24) is 5.32 Å². The topological polar surface area (TPSA) is 44.4 Å². The number of fused-ring (bicyclic) bond motifs is 3. The van der Waals surface area contributed by atoms with Gasteiger partial charge in [-0.1, -0.05) is 54.6 Å². The number of benzene rings is 3. The van der Waals surface area contributed by atoms with Gasteiger partial charge in [0.05, 0.1) is 6.04 Å². The summed E-state index contributed by atoms with van der Waals surface area (Å²) in [6.07, 6.45) is 0.458. The summed E-state index contributed by atoms with van der Waals surface area (Å²) >= 11 is 0. The van der Waals surface area contributed by atoms with Gasteiger partial charge in [0.2, 0.25) is 5.91 Å². The van der Waals surface area contributed by atoms with Crippen LogP contribution in [-0.4, -0.2) is 26.0 Å². The third-order valence-corrected chi connectivity index (χ3v) is 5.50. The molecule has 1 aliphatic heterocycles. The van der Waals surface area contributed by atoms with Crippen molar-refractivity contribution in [1.29, 1.82) is 0 Å². The predicted octanol–water partition coefficient (Wildman–Crippen LogP) is 4.83. The molecule has 0 fully saturated rings. The molecule has 1 heterocycles. The number of nitrogens with zero attached hydrogens (tertiary/aromatic N) is 1. The largest absolute Gasteiger partial charge is 0.360 e. The van der Waals surface area contributed by atoms with Crippen LogP contribution < -0.4 is 15.5 Å². The van der Waals surface area contributed by atoms with E-state index in [9.17, 15) is 4.79 Å². The lowest BCUT2D eigenvalue weighted by molar-refractivity contribution is -0.116. The maximum absolute atomic E-state index is 12.2. The monoisotopic (exact) mass is 385 g/mol. The van der Waals surface area contributed by atoms with Crippen LogP contribution >= 0.6 is 0 Å². The Morgan fingerprint density at radius 3 is 2.48 bits per heavy atom. The third-order valence-electron chi connectivity index (χ3n) is 5.50. The summed E-state index contributed by atoms with van der Waals surface area (Å²) in [5.74, 6) is 0.0270. The first-order chi connectivity index (χ1) is 14.2. The first-order valence-electron chi connectivity index (χ1n) is 10.2. The molecule has 0 aromatic heterocycles. The van der Waals surface area contributed by atoms with Gasteiger partial charge >= 0.3 is 0 Å². The molecule has 1 aliphatic rings. The predicted molar refractivity (Wildman–Crippen MR) is 120 cm³/mol. The van der Waals surface area contributed by atoms with Gasteiger partial charge in [-0.15, -0.1) is 0 Å². The molecule has 4 nitrogen and oxygen atoms in total. The third kappa shape index (κ3) is 3.76. The molecule has 1 amide bonds. The zero-order valence-electron chi connectivity index (χ0n) is 17.0. The van der Waals surface area contributed by atoms with E-state index < -0.39 is 0 Å². The minimum atomic E-state index is 0.0270. The number of nitrogens with one attached hydrogen (secondary N) is 2. The van der Waals surface area contributed by atoms with E-state index >= 15 is 0 Å². The average molecular weight is 386 g/mol. The molecule has 0 aliphatic carbocycles. The van der Waals surface area contributed by atoms with Crippen molar-refractivity contribution in [3.8, 4) is 11.1 Å². The van der Waals surface area contributed by atoms with Gasteiger partial charge in [0.1, 0.15) is 0 Å². The Bertz CT molecular complexity index is 1000. The summed E-state index contributed by atoms with van der Waals surface area (Å²) in [5.41, 5.74) is 7.05. The highest BCUT2D eigenvalue weighted by atomic mass is 16.1. The van der Waals surface area contributed by atoms with Crippen molar-refractivity contribution in [2.24, 2.45) is 0 Å². The van der Waals surface area contributed by atoms with Crippen LogP contribution in [0.25, 0.3) is 11.1 Å². The van der Waals surface area contributed by atoms with E-state index in [0.717, 1.165) is 12.2 Å². The van der Waals surface area contributed by atoms with Crippen LogP contribution in [0.1, 0.15) is 30.5 Å². The zero-order valence-corrected chi connectivity index (χ0v) is 17.0. The van der Waals surface area contributed by atoms with E-state index in [1.165, 1.54) is 27.9 Å². The number of carbonyl (C=O) groups is 1. The lowest BCUT2D eigenvalue weighted by atomic mass is 9.84. The van der Waals surface area contributed by atoms with E-state index in [2.05, 4.69) is 89.2 Å².